The van der Waals surface area contributed by atoms with E-state index in [0.29, 0.717) is 18.4 Å². The highest BCUT2D eigenvalue weighted by molar-refractivity contribution is 7.13. The molecule has 1 aliphatic heterocycles. The summed E-state index contributed by atoms with van der Waals surface area (Å²) in [5.41, 5.74) is 2.26. The molecule has 0 aliphatic carbocycles. The van der Waals surface area contributed by atoms with Crippen LogP contribution in [-0.4, -0.2) is 36.1 Å². The van der Waals surface area contributed by atoms with Gasteiger partial charge in [0, 0.05) is 30.2 Å². The summed E-state index contributed by atoms with van der Waals surface area (Å²) >= 11 is 1.52. The summed E-state index contributed by atoms with van der Waals surface area (Å²) in [6.07, 6.45) is 3.00. The van der Waals surface area contributed by atoms with Gasteiger partial charge in [-0.15, -0.1) is 11.3 Å². The van der Waals surface area contributed by atoms with Crippen molar-refractivity contribution in [1.29, 1.82) is 5.26 Å². The minimum atomic E-state index is -0.177. The van der Waals surface area contributed by atoms with Crippen molar-refractivity contribution in [3.8, 4) is 22.4 Å². The van der Waals surface area contributed by atoms with Crippen molar-refractivity contribution in [2.75, 3.05) is 25.1 Å². The molecule has 0 unspecified atom stereocenters. The zero-order chi connectivity index (χ0) is 21.6. The molecule has 0 bridgehead atoms. The maximum absolute atomic E-state index is 12.5. The molecule has 1 aliphatic rings. The Hall–Kier alpha value is -3.44. The summed E-state index contributed by atoms with van der Waals surface area (Å²) in [6, 6.07) is 13.4. The van der Waals surface area contributed by atoms with Gasteiger partial charge in [-0.25, -0.2) is 9.97 Å². The van der Waals surface area contributed by atoms with Crippen LogP contribution in [0, 0.1) is 17.2 Å². The van der Waals surface area contributed by atoms with Gasteiger partial charge in [0.1, 0.15) is 29.3 Å². The predicted octanol–water partition coefficient (Wildman–Crippen LogP) is 4.05. The maximum atomic E-state index is 12.5. The number of esters is 1. The lowest BCUT2D eigenvalue weighted by molar-refractivity contribution is -0.150. The lowest BCUT2D eigenvalue weighted by Gasteiger charge is -2.31. The maximum Gasteiger partial charge on any atom is 0.309 e. The van der Waals surface area contributed by atoms with Crippen LogP contribution in [0.3, 0.4) is 0 Å². The van der Waals surface area contributed by atoms with Crippen LogP contribution in [0.5, 0.6) is 5.75 Å². The number of hydrogen-bond donors (Lipinski definition) is 0. The van der Waals surface area contributed by atoms with E-state index in [0.717, 1.165) is 40.9 Å². The average molecular weight is 435 g/mol. The van der Waals surface area contributed by atoms with Gasteiger partial charge >= 0.3 is 5.97 Å². The number of carbonyl (C=O) groups excluding carboxylic acids is 1. The molecule has 1 saturated heterocycles. The first-order valence-electron chi connectivity index (χ1n) is 10.0. The molecule has 0 N–H and O–H groups in total. The number of hydrogen-bond acceptors (Lipinski definition) is 8. The predicted molar refractivity (Wildman–Crippen MR) is 118 cm³/mol. The first kappa shape index (κ1) is 20.8. The fourth-order valence-electron chi connectivity index (χ4n) is 3.51. The van der Waals surface area contributed by atoms with E-state index in [-0.39, 0.29) is 18.5 Å². The van der Waals surface area contributed by atoms with E-state index in [1.807, 2.05) is 35.7 Å². The fraction of sp³-hybridized carbons (Fsp3) is 0.304. The number of carbonyl (C=O) groups is 1. The third-order valence-electron chi connectivity index (χ3n) is 5.26. The number of pyridine rings is 1. The molecule has 0 spiro atoms. The largest absolute Gasteiger partial charge is 0.497 e. The first-order chi connectivity index (χ1) is 15.2. The number of benzene rings is 1. The van der Waals surface area contributed by atoms with E-state index >= 15 is 0 Å². The Morgan fingerprint density at radius 1 is 1.29 bits per heavy atom. The first-order valence-corrected chi connectivity index (χ1v) is 10.9. The third kappa shape index (κ3) is 5.01. The van der Waals surface area contributed by atoms with Crippen molar-refractivity contribution >= 4 is 23.1 Å². The highest BCUT2D eigenvalue weighted by Gasteiger charge is 2.27. The monoisotopic (exact) mass is 434 g/mol. The second-order valence-electron chi connectivity index (χ2n) is 7.26. The molecule has 1 aromatic carbocycles. The summed E-state index contributed by atoms with van der Waals surface area (Å²) in [4.78, 5) is 23.6. The van der Waals surface area contributed by atoms with E-state index in [9.17, 15) is 4.79 Å². The molecule has 2 aromatic heterocycles. The number of ether oxygens (including phenoxy) is 2. The minimum Gasteiger partial charge on any atom is -0.497 e. The van der Waals surface area contributed by atoms with Crippen molar-refractivity contribution in [3.05, 3.63) is 59.2 Å². The van der Waals surface area contributed by atoms with Gasteiger partial charge < -0.3 is 14.4 Å². The Kier molecular flexibility index (Phi) is 6.43. The van der Waals surface area contributed by atoms with E-state index in [2.05, 4.69) is 20.9 Å². The Labute approximate surface area is 184 Å². The van der Waals surface area contributed by atoms with Gasteiger partial charge in [-0.3, -0.25) is 4.79 Å². The van der Waals surface area contributed by atoms with Crippen molar-refractivity contribution in [2.45, 2.75) is 19.4 Å². The van der Waals surface area contributed by atoms with Crippen LogP contribution in [0.2, 0.25) is 0 Å². The molecule has 0 saturated carbocycles. The molecule has 0 atom stereocenters. The molecule has 3 heterocycles. The van der Waals surface area contributed by atoms with Crippen LogP contribution < -0.4 is 9.64 Å². The lowest BCUT2D eigenvalue weighted by Crippen LogP contribution is -2.37. The van der Waals surface area contributed by atoms with Crippen molar-refractivity contribution in [2.24, 2.45) is 5.92 Å². The summed E-state index contributed by atoms with van der Waals surface area (Å²) in [5, 5.41) is 11.7. The van der Waals surface area contributed by atoms with E-state index in [1.165, 1.54) is 11.3 Å². The topological polar surface area (TPSA) is 88.3 Å². The molecule has 3 aromatic rings. The standard InChI is InChI=1S/C23H22N4O3S/c1-29-20-4-2-3-18(11-20)22-26-19(15-31-22)14-30-23(28)17-7-9-27(10-8-17)21-6-5-16(12-24)13-25-21/h2-6,11,13,15,17H,7-10,14H2,1H3. The average Bonchev–Trinajstić information content (AvgIpc) is 3.32. The van der Waals surface area contributed by atoms with Gasteiger partial charge in [-0.2, -0.15) is 5.26 Å². The number of nitriles is 1. The summed E-state index contributed by atoms with van der Waals surface area (Å²) in [7, 11) is 1.64. The van der Waals surface area contributed by atoms with Gasteiger partial charge in [0.2, 0.25) is 0 Å². The Balaban J connectivity index is 1.28. The highest BCUT2D eigenvalue weighted by Crippen LogP contribution is 2.28. The highest BCUT2D eigenvalue weighted by atomic mass is 32.1. The minimum absolute atomic E-state index is 0.119. The van der Waals surface area contributed by atoms with Crippen LogP contribution in [0.15, 0.2) is 48.0 Å². The molecule has 0 amide bonds. The molecular formula is C23H22N4O3S. The smallest absolute Gasteiger partial charge is 0.309 e. The summed E-state index contributed by atoms with van der Waals surface area (Å²) in [6.45, 7) is 1.64. The number of methoxy groups -OCH3 is 1. The summed E-state index contributed by atoms with van der Waals surface area (Å²) in [5.74, 6) is 1.32. The van der Waals surface area contributed by atoms with Crippen LogP contribution in [0.1, 0.15) is 24.1 Å². The number of rotatable bonds is 6. The zero-order valence-corrected chi connectivity index (χ0v) is 18.0. The molecule has 1 fully saturated rings. The molecule has 8 heteroatoms. The molecule has 31 heavy (non-hydrogen) atoms. The molecule has 158 valence electrons. The lowest BCUT2D eigenvalue weighted by atomic mass is 9.97. The van der Waals surface area contributed by atoms with Gasteiger partial charge in [0.05, 0.1) is 24.3 Å². The van der Waals surface area contributed by atoms with E-state index < -0.39 is 0 Å². The Morgan fingerprint density at radius 3 is 2.84 bits per heavy atom. The van der Waals surface area contributed by atoms with Gasteiger partial charge in [0.15, 0.2) is 0 Å². The number of nitrogens with zero attached hydrogens (tertiary/aromatic N) is 4. The molecule has 7 nitrogen and oxygen atoms in total. The number of anilines is 1. The van der Waals surface area contributed by atoms with Crippen molar-refractivity contribution in [3.63, 3.8) is 0 Å². The summed E-state index contributed by atoms with van der Waals surface area (Å²) < 4.78 is 10.8. The zero-order valence-electron chi connectivity index (χ0n) is 17.2. The van der Waals surface area contributed by atoms with Crippen molar-refractivity contribution in [1.82, 2.24) is 9.97 Å². The third-order valence-corrected chi connectivity index (χ3v) is 6.20. The number of piperidine rings is 1. The van der Waals surface area contributed by atoms with E-state index in [4.69, 9.17) is 14.7 Å². The van der Waals surface area contributed by atoms with Gasteiger partial charge in [-0.05, 0) is 37.1 Å². The molecule has 0 radical (unpaired) electrons. The Bertz CT molecular complexity index is 1080. The van der Waals surface area contributed by atoms with Crippen molar-refractivity contribution < 1.29 is 14.3 Å². The molecular weight excluding hydrogens is 412 g/mol. The van der Waals surface area contributed by atoms with E-state index in [1.54, 1.807) is 19.4 Å². The molecule has 4 rings (SSSR count). The van der Waals surface area contributed by atoms with Gasteiger partial charge in [0.25, 0.3) is 0 Å². The van der Waals surface area contributed by atoms with Crippen LogP contribution in [0.4, 0.5) is 5.82 Å². The number of thiazole rings is 1. The normalized spacial score (nSPS) is 14.1. The second-order valence-corrected chi connectivity index (χ2v) is 8.12. The quantitative estimate of drug-likeness (QED) is 0.541. The Morgan fingerprint density at radius 2 is 2.13 bits per heavy atom. The SMILES string of the molecule is COc1cccc(-c2nc(COC(=O)C3CCN(c4ccc(C#N)cn4)CC3)cs2)c1. The van der Waals surface area contributed by atoms with Gasteiger partial charge in [-0.1, -0.05) is 12.1 Å². The fourth-order valence-corrected chi connectivity index (χ4v) is 4.31. The number of aromatic nitrogens is 2. The van der Waals surface area contributed by atoms with Crippen LogP contribution >= 0.6 is 11.3 Å². The van der Waals surface area contributed by atoms with Crippen LogP contribution in [0.25, 0.3) is 10.6 Å². The van der Waals surface area contributed by atoms with Crippen LogP contribution in [-0.2, 0) is 16.1 Å². The second kappa shape index (κ2) is 9.58.